The Hall–Kier alpha value is -2.90. The number of pyridine rings is 1. The zero-order valence-electron chi connectivity index (χ0n) is 19.7. The Morgan fingerprint density at radius 2 is 1.94 bits per heavy atom. The van der Waals surface area contributed by atoms with Crippen LogP contribution in [0.2, 0.25) is 0 Å². The Kier molecular flexibility index (Phi) is 7.41. The molecule has 0 bridgehead atoms. The highest BCUT2D eigenvalue weighted by Gasteiger charge is 2.24. The molecule has 180 valence electrons. The lowest BCUT2D eigenvalue weighted by Gasteiger charge is -2.26. The van der Waals surface area contributed by atoms with E-state index >= 15 is 0 Å². The summed E-state index contributed by atoms with van der Waals surface area (Å²) in [6, 6.07) is 14.0. The molecule has 1 atom stereocenters. The molecule has 3 aromatic rings. The van der Waals surface area contributed by atoms with Gasteiger partial charge in [0, 0.05) is 50.0 Å². The van der Waals surface area contributed by atoms with E-state index in [-0.39, 0.29) is 5.91 Å². The number of amides is 1. The molecule has 7 nitrogen and oxygen atoms in total. The van der Waals surface area contributed by atoms with E-state index in [1.54, 1.807) is 0 Å². The average molecular weight is 463 g/mol. The molecule has 2 aliphatic rings. The van der Waals surface area contributed by atoms with Gasteiger partial charge in [0.1, 0.15) is 18.0 Å². The summed E-state index contributed by atoms with van der Waals surface area (Å²) in [5, 5.41) is 1.15. The van der Waals surface area contributed by atoms with Gasteiger partial charge in [-0.15, -0.1) is 0 Å². The van der Waals surface area contributed by atoms with Crippen LogP contribution >= 0.6 is 0 Å². The Morgan fingerprint density at radius 3 is 2.85 bits per heavy atom. The number of carbonyl (C=O) groups excluding carboxylic acids is 1. The molecule has 0 radical (unpaired) electrons. The summed E-state index contributed by atoms with van der Waals surface area (Å²) >= 11 is 0. The van der Waals surface area contributed by atoms with Crippen molar-refractivity contribution in [2.75, 3.05) is 52.5 Å². The summed E-state index contributed by atoms with van der Waals surface area (Å²) in [5.74, 6) is 1.30. The van der Waals surface area contributed by atoms with Crippen molar-refractivity contribution >= 4 is 16.9 Å². The second-order valence-electron chi connectivity index (χ2n) is 9.31. The number of hydrogen-bond donors (Lipinski definition) is 1. The van der Waals surface area contributed by atoms with Crippen molar-refractivity contribution in [2.24, 2.45) is 5.92 Å². The van der Waals surface area contributed by atoms with Crippen LogP contribution in [0.3, 0.4) is 0 Å². The highest BCUT2D eigenvalue weighted by atomic mass is 16.5. The minimum Gasteiger partial charge on any atom is -0.491 e. The first-order valence-electron chi connectivity index (χ1n) is 12.5. The lowest BCUT2D eigenvalue weighted by molar-refractivity contribution is 0.0321. The van der Waals surface area contributed by atoms with Crippen molar-refractivity contribution in [1.29, 1.82) is 0 Å². The van der Waals surface area contributed by atoms with Gasteiger partial charge in [0.25, 0.3) is 5.91 Å². The predicted molar refractivity (Wildman–Crippen MR) is 132 cm³/mol. The van der Waals surface area contributed by atoms with Gasteiger partial charge in [0.15, 0.2) is 0 Å². The summed E-state index contributed by atoms with van der Waals surface area (Å²) in [6.07, 6.45) is 6.02. The van der Waals surface area contributed by atoms with Crippen LogP contribution in [0.25, 0.3) is 11.0 Å². The molecule has 1 amide bonds. The van der Waals surface area contributed by atoms with E-state index in [1.165, 1.54) is 0 Å². The van der Waals surface area contributed by atoms with Crippen LogP contribution in [-0.4, -0.2) is 78.2 Å². The molecule has 0 unspecified atom stereocenters. The fourth-order valence-corrected chi connectivity index (χ4v) is 5.00. The van der Waals surface area contributed by atoms with E-state index in [4.69, 9.17) is 14.5 Å². The summed E-state index contributed by atoms with van der Waals surface area (Å²) in [4.78, 5) is 25.7. The number of rotatable bonds is 7. The first kappa shape index (κ1) is 22.9. The Labute approximate surface area is 201 Å². The quantitative estimate of drug-likeness (QED) is 0.579. The smallest absolute Gasteiger partial charge is 0.257 e. The van der Waals surface area contributed by atoms with E-state index in [1.807, 2.05) is 41.4 Å². The number of likely N-dealkylation sites (tertiary alicyclic amines) is 1. The molecule has 1 N–H and O–H groups in total. The first-order valence-corrected chi connectivity index (χ1v) is 12.5. The van der Waals surface area contributed by atoms with Crippen molar-refractivity contribution in [3.05, 3.63) is 59.9 Å². The fraction of sp³-hybridized carbons (Fsp3) is 0.481. The van der Waals surface area contributed by atoms with E-state index < -0.39 is 0 Å². The molecule has 4 heterocycles. The summed E-state index contributed by atoms with van der Waals surface area (Å²) < 4.78 is 11.5. The van der Waals surface area contributed by atoms with Crippen LogP contribution in [0.5, 0.6) is 5.75 Å². The van der Waals surface area contributed by atoms with Crippen molar-refractivity contribution in [1.82, 2.24) is 19.8 Å². The molecule has 2 fully saturated rings. The summed E-state index contributed by atoms with van der Waals surface area (Å²) in [6.45, 7) is 6.42. The van der Waals surface area contributed by atoms with E-state index in [0.717, 1.165) is 88.3 Å². The number of para-hydroxylation sites is 1. The largest absolute Gasteiger partial charge is 0.491 e. The van der Waals surface area contributed by atoms with Gasteiger partial charge >= 0.3 is 0 Å². The molecule has 2 aromatic heterocycles. The standard InChI is InChI=1S/C27H34N4O3/c32-27(24-5-1-2-6-25(24)34-19-16-30-14-17-33-18-15-30)31-12-3-4-21(10-13-31)20-23-8-7-22-9-11-28-26(22)29-23/h1-2,5-9,11,21H,3-4,10,12-20H2,(H,28,29)/t21-/m1/s1. The number of aromatic amines is 1. The van der Waals surface area contributed by atoms with Gasteiger partial charge in [0.2, 0.25) is 0 Å². The average Bonchev–Trinajstić information content (AvgIpc) is 3.22. The molecule has 2 aliphatic heterocycles. The zero-order chi connectivity index (χ0) is 23.2. The van der Waals surface area contributed by atoms with Gasteiger partial charge in [-0.3, -0.25) is 9.69 Å². The zero-order valence-corrected chi connectivity index (χ0v) is 19.7. The van der Waals surface area contributed by atoms with Crippen LogP contribution < -0.4 is 4.74 Å². The monoisotopic (exact) mass is 462 g/mol. The minimum absolute atomic E-state index is 0.0774. The fourth-order valence-electron chi connectivity index (χ4n) is 5.00. The number of fused-ring (bicyclic) bond motifs is 1. The number of nitrogens with one attached hydrogen (secondary N) is 1. The lowest BCUT2D eigenvalue weighted by Crippen LogP contribution is -2.38. The number of nitrogens with zero attached hydrogens (tertiary/aromatic N) is 3. The predicted octanol–water partition coefficient (Wildman–Crippen LogP) is 3.76. The molecule has 2 saturated heterocycles. The maximum absolute atomic E-state index is 13.4. The highest BCUT2D eigenvalue weighted by Crippen LogP contribution is 2.25. The Balaban J connectivity index is 1.17. The number of carbonyl (C=O) groups is 1. The third kappa shape index (κ3) is 5.59. The van der Waals surface area contributed by atoms with Crippen molar-refractivity contribution in [3.8, 4) is 5.75 Å². The third-order valence-electron chi connectivity index (χ3n) is 6.99. The molecule has 0 aliphatic carbocycles. The topological polar surface area (TPSA) is 70.7 Å². The summed E-state index contributed by atoms with van der Waals surface area (Å²) in [5.41, 5.74) is 2.74. The number of H-pyrrole nitrogens is 1. The Bertz CT molecular complexity index is 1090. The second-order valence-corrected chi connectivity index (χ2v) is 9.31. The van der Waals surface area contributed by atoms with Crippen molar-refractivity contribution < 1.29 is 14.3 Å². The first-order chi connectivity index (χ1) is 16.8. The Morgan fingerprint density at radius 1 is 1.06 bits per heavy atom. The maximum atomic E-state index is 13.4. The van der Waals surface area contributed by atoms with Gasteiger partial charge < -0.3 is 19.4 Å². The van der Waals surface area contributed by atoms with Gasteiger partial charge in [-0.1, -0.05) is 12.1 Å². The van der Waals surface area contributed by atoms with E-state index in [9.17, 15) is 4.79 Å². The van der Waals surface area contributed by atoms with Gasteiger partial charge in [-0.05, 0) is 61.9 Å². The molecular weight excluding hydrogens is 428 g/mol. The summed E-state index contributed by atoms with van der Waals surface area (Å²) in [7, 11) is 0. The lowest BCUT2D eigenvalue weighted by atomic mass is 9.95. The van der Waals surface area contributed by atoms with Crippen molar-refractivity contribution in [3.63, 3.8) is 0 Å². The van der Waals surface area contributed by atoms with Gasteiger partial charge in [0.05, 0.1) is 18.8 Å². The van der Waals surface area contributed by atoms with E-state index in [2.05, 4.69) is 22.0 Å². The van der Waals surface area contributed by atoms with Crippen LogP contribution in [0.4, 0.5) is 0 Å². The SMILES string of the molecule is O=C(c1ccccc1OCCN1CCOCC1)N1CCC[C@@H](Cc2ccc3cc[nH]c3n2)CC1. The molecule has 7 heteroatoms. The van der Waals surface area contributed by atoms with Crippen LogP contribution in [-0.2, 0) is 11.2 Å². The van der Waals surface area contributed by atoms with E-state index in [0.29, 0.717) is 23.8 Å². The molecule has 0 spiro atoms. The molecule has 5 rings (SSSR count). The van der Waals surface area contributed by atoms with Crippen LogP contribution in [0.1, 0.15) is 35.3 Å². The van der Waals surface area contributed by atoms with Crippen LogP contribution in [0.15, 0.2) is 48.7 Å². The molecular formula is C27H34N4O3. The van der Waals surface area contributed by atoms with Gasteiger partial charge in [-0.2, -0.15) is 0 Å². The number of morpholine rings is 1. The molecule has 0 saturated carbocycles. The number of ether oxygens (including phenoxy) is 2. The normalized spacial score (nSPS) is 19.8. The molecule has 34 heavy (non-hydrogen) atoms. The maximum Gasteiger partial charge on any atom is 0.257 e. The molecule has 1 aromatic carbocycles. The number of benzene rings is 1. The van der Waals surface area contributed by atoms with Crippen LogP contribution in [0, 0.1) is 5.92 Å². The van der Waals surface area contributed by atoms with Gasteiger partial charge in [-0.25, -0.2) is 4.98 Å². The number of hydrogen-bond acceptors (Lipinski definition) is 5. The number of aromatic nitrogens is 2. The third-order valence-corrected chi connectivity index (χ3v) is 6.99. The highest BCUT2D eigenvalue weighted by molar-refractivity contribution is 5.97. The second kappa shape index (κ2) is 11.0. The minimum atomic E-state index is 0.0774. The van der Waals surface area contributed by atoms with Crippen molar-refractivity contribution in [2.45, 2.75) is 25.7 Å².